The minimum atomic E-state index is -0.560. The summed E-state index contributed by atoms with van der Waals surface area (Å²) in [5, 5.41) is 0. The van der Waals surface area contributed by atoms with Crippen molar-refractivity contribution in [3.8, 4) is 0 Å². The van der Waals surface area contributed by atoms with E-state index in [-0.39, 0.29) is 12.0 Å². The molecule has 0 bridgehead atoms. The summed E-state index contributed by atoms with van der Waals surface area (Å²) in [5.74, 6) is -0.616. The molecule has 0 unspecified atom stereocenters. The van der Waals surface area contributed by atoms with Gasteiger partial charge in [-0.1, -0.05) is 6.92 Å². The second-order valence-corrected chi connectivity index (χ2v) is 7.95. The highest BCUT2D eigenvalue weighted by molar-refractivity contribution is 5.95. The van der Waals surface area contributed by atoms with Crippen LogP contribution in [0.25, 0.3) is 5.65 Å². The van der Waals surface area contributed by atoms with Crippen molar-refractivity contribution in [2.24, 2.45) is 0 Å². The number of carbonyl (C=O) groups is 2. The third kappa shape index (κ3) is 4.26. The summed E-state index contributed by atoms with van der Waals surface area (Å²) >= 11 is 0. The smallest absolute Gasteiger partial charge is 0.410 e. The van der Waals surface area contributed by atoms with Gasteiger partial charge >= 0.3 is 6.09 Å². The summed E-state index contributed by atoms with van der Waals surface area (Å²) < 4.78 is 20.7. The van der Waals surface area contributed by atoms with Crippen LogP contribution in [0, 0.1) is 5.82 Å². The number of pyridine rings is 1. The monoisotopic (exact) mass is 390 g/mol. The van der Waals surface area contributed by atoms with Crippen LogP contribution in [0.15, 0.2) is 18.3 Å². The number of carbonyl (C=O) groups excluding carboxylic acids is 2. The first-order valence-corrected chi connectivity index (χ1v) is 9.63. The van der Waals surface area contributed by atoms with Crippen molar-refractivity contribution < 1.29 is 18.7 Å². The third-order valence-electron chi connectivity index (χ3n) is 4.63. The standard InChI is InChI=1S/C20H27FN4O3/c1-5-15-17(25-13-14(21)7-8-16(25)22-15)18(26)23-9-6-10-24(12-11-23)19(27)28-20(2,3)4/h7-8,13H,5-6,9-12H2,1-4H3. The molecule has 2 amide bonds. The maximum Gasteiger partial charge on any atom is 0.410 e. The van der Waals surface area contributed by atoms with Crippen molar-refractivity contribution in [3.05, 3.63) is 35.5 Å². The number of halogens is 1. The molecule has 0 N–H and O–H groups in total. The van der Waals surface area contributed by atoms with Crippen LogP contribution in [-0.4, -0.2) is 63.0 Å². The van der Waals surface area contributed by atoms with Crippen LogP contribution in [0.2, 0.25) is 0 Å². The zero-order valence-corrected chi connectivity index (χ0v) is 16.9. The third-order valence-corrected chi connectivity index (χ3v) is 4.63. The number of amides is 2. The van der Waals surface area contributed by atoms with E-state index in [1.165, 1.54) is 16.7 Å². The Labute approximate surface area is 164 Å². The molecule has 0 aromatic carbocycles. The second-order valence-electron chi connectivity index (χ2n) is 7.95. The van der Waals surface area contributed by atoms with Crippen LogP contribution in [0.1, 0.15) is 50.3 Å². The largest absolute Gasteiger partial charge is 0.444 e. The minimum Gasteiger partial charge on any atom is -0.444 e. The van der Waals surface area contributed by atoms with Gasteiger partial charge < -0.3 is 14.5 Å². The quantitative estimate of drug-likeness (QED) is 0.790. The number of rotatable bonds is 2. The Bertz CT molecular complexity index is 887. The SMILES string of the molecule is CCc1nc2ccc(F)cn2c1C(=O)N1CCCN(C(=O)OC(C)(C)C)CC1. The first kappa shape index (κ1) is 20.1. The molecule has 152 valence electrons. The van der Waals surface area contributed by atoms with E-state index in [9.17, 15) is 14.0 Å². The highest BCUT2D eigenvalue weighted by Crippen LogP contribution is 2.19. The first-order chi connectivity index (χ1) is 13.2. The van der Waals surface area contributed by atoms with Crippen molar-refractivity contribution in [1.29, 1.82) is 0 Å². The number of hydrogen-bond acceptors (Lipinski definition) is 4. The van der Waals surface area contributed by atoms with Crippen molar-refractivity contribution in [2.75, 3.05) is 26.2 Å². The van der Waals surface area contributed by atoms with Gasteiger partial charge in [-0.05, 0) is 45.7 Å². The van der Waals surface area contributed by atoms with E-state index in [2.05, 4.69) is 4.98 Å². The minimum absolute atomic E-state index is 0.194. The molecule has 3 heterocycles. The van der Waals surface area contributed by atoms with E-state index in [1.54, 1.807) is 15.9 Å². The molecule has 2 aromatic heterocycles. The molecule has 0 aliphatic carbocycles. The number of aryl methyl sites for hydroxylation is 1. The lowest BCUT2D eigenvalue weighted by Gasteiger charge is -2.26. The van der Waals surface area contributed by atoms with E-state index in [0.717, 1.165) is 0 Å². The van der Waals surface area contributed by atoms with Crippen LogP contribution in [0.3, 0.4) is 0 Å². The van der Waals surface area contributed by atoms with E-state index in [4.69, 9.17) is 4.74 Å². The fourth-order valence-electron chi connectivity index (χ4n) is 3.32. The van der Waals surface area contributed by atoms with Gasteiger partial charge in [-0.25, -0.2) is 14.2 Å². The lowest BCUT2D eigenvalue weighted by molar-refractivity contribution is 0.0255. The number of nitrogens with zero attached hydrogens (tertiary/aromatic N) is 4. The van der Waals surface area contributed by atoms with Crippen molar-refractivity contribution >= 4 is 17.6 Å². The molecule has 1 fully saturated rings. The van der Waals surface area contributed by atoms with Gasteiger partial charge in [-0.2, -0.15) is 0 Å². The van der Waals surface area contributed by atoms with Gasteiger partial charge in [0.05, 0.1) is 5.69 Å². The Hall–Kier alpha value is -2.64. The number of hydrogen-bond donors (Lipinski definition) is 0. The van der Waals surface area contributed by atoms with Gasteiger partial charge in [-0.15, -0.1) is 0 Å². The van der Waals surface area contributed by atoms with E-state index < -0.39 is 11.4 Å². The van der Waals surface area contributed by atoms with Gasteiger partial charge in [0.2, 0.25) is 0 Å². The second kappa shape index (κ2) is 7.77. The molecule has 0 saturated carbocycles. The van der Waals surface area contributed by atoms with Gasteiger partial charge in [-0.3, -0.25) is 9.20 Å². The molecule has 7 nitrogen and oxygen atoms in total. The Kier molecular flexibility index (Phi) is 5.58. The van der Waals surface area contributed by atoms with Crippen molar-refractivity contribution in [3.63, 3.8) is 0 Å². The highest BCUT2D eigenvalue weighted by Gasteiger charge is 2.28. The predicted molar refractivity (Wildman–Crippen MR) is 103 cm³/mol. The molecule has 3 rings (SSSR count). The summed E-state index contributed by atoms with van der Waals surface area (Å²) in [7, 11) is 0. The summed E-state index contributed by atoms with van der Waals surface area (Å²) in [6.45, 7) is 9.24. The molecule has 8 heteroatoms. The van der Waals surface area contributed by atoms with Gasteiger partial charge in [0.25, 0.3) is 5.91 Å². The van der Waals surface area contributed by atoms with Gasteiger partial charge in [0.1, 0.15) is 22.8 Å². The summed E-state index contributed by atoms with van der Waals surface area (Å²) in [6, 6.07) is 2.90. The van der Waals surface area contributed by atoms with Crippen molar-refractivity contribution in [1.82, 2.24) is 19.2 Å². The molecular formula is C20H27FN4O3. The van der Waals surface area contributed by atoms with Crippen LogP contribution < -0.4 is 0 Å². The number of ether oxygens (including phenoxy) is 1. The molecule has 1 saturated heterocycles. The summed E-state index contributed by atoms with van der Waals surface area (Å²) in [4.78, 5) is 33.4. The average molecular weight is 390 g/mol. The van der Waals surface area contributed by atoms with E-state index in [1.807, 2.05) is 27.7 Å². The lowest BCUT2D eigenvalue weighted by atomic mass is 10.2. The van der Waals surface area contributed by atoms with Gasteiger partial charge in [0, 0.05) is 32.4 Å². The summed E-state index contributed by atoms with van der Waals surface area (Å²) in [6.07, 6.45) is 2.15. The van der Waals surface area contributed by atoms with Crippen molar-refractivity contribution in [2.45, 2.75) is 46.1 Å². The molecule has 0 radical (unpaired) electrons. The molecule has 28 heavy (non-hydrogen) atoms. The van der Waals surface area contributed by atoms with E-state index >= 15 is 0 Å². The van der Waals surface area contributed by atoms with E-state index in [0.29, 0.717) is 56.1 Å². The molecular weight excluding hydrogens is 363 g/mol. The first-order valence-electron chi connectivity index (χ1n) is 9.63. The molecule has 1 aliphatic heterocycles. The fraction of sp³-hybridized carbons (Fsp3) is 0.550. The van der Waals surface area contributed by atoms with Crippen LogP contribution in [0.4, 0.5) is 9.18 Å². The molecule has 1 aliphatic rings. The zero-order valence-electron chi connectivity index (χ0n) is 16.9. The Morgan fingerprint density at radius 1 is 1.14 bits per heavy atom. The van der Waals surface area contributed by atoms with Crippen LogP contribution >= 0.6 is 0 Å². The zero-order chi connectivity index (χ0) is 20.5. The number of aromatic nitrogens is 2. The number of imidazole rings is 1. The maximum atomic E-state index is 13.7. The maximum absolute atomic E-state index is 13.7. The topological polar surface area (TPSA) is 67.2 Å². The average Bonchev–Trinajstić information content (AvgIpc) is 2.80. The summed E-state index contributed by atoms with van der Waals surface area (Å²) in [5.41, 5.74) is 1.02. The Morgan fingerprint density at radius 2 is 1.82 bits per heavy atom. The lowest BCUT2D eigenvalue weighted by Crippen LogP contribution is -2.40. The highest BCUT2D eigenvalue weighted by atomic mass is 19.1. The Balaban J connectivity index is 1.80. The Morgan fingerprint density at radius 3 is 2.50 bits per heavy atom. The van der Waals surface area contributed by atoms with Crippen LogP contribution in [-0.2, 0) is 11.2 Å². The number of fused-ring (bicyclic) bond motifs is 1. The normalized spacial score (nSPS) is 15.6. The molecule has 0 spiro atoms. The molecule has 0 atom stereocenters. The molecule has 2 aromatic rings. The van der Waals surface area contributed by atoms with Crippen LogP contribution in [0.5, 0.6) is 0 Å². The van der Waals surface area contributed by atoms with Gasteiger partial charge in [0.15, 0.2) is 0 Å². The predicted octanol–water partition coefficient (Wildman–Crippen LogP) is 3.12. The fourth-order valence-corrected chi connectivity index (χ4v) is 3.32.